The molecule has 4 aromatic rings. The Morgan fingerprint density at radius 3 is 1.98 bits per heavy atom. The lowest BCUT2D eigenvalue weighted by atomic mass is 9.89. The van der Waals surface area contributed by atoms with Gasteiger partial charge >= 0.3 is 11.5 Å². The summed E-state index contributed by atoms with van der Waals surface area (Å²) in [6.45, 7) is 9.74. The van der Waals surface area contributed by atoms with Crippen LogP contribution in [0.1, 0.15) is 108 Å². The van der Waals surface area contributed by atoms with Gasteiger partial charge in [-0.3, -0.25) is 18.2 Å². The molecule has 1 aliphatic rings. The summed E-state index contributed by atoms with van der Waals surface area (Å²) in [7, 11) is 0. The van der Waals surface area contributed by atoms with Crippen LogP contribution in [0.3, 0.4) is 0 Å². The number of halogens is 1. The highest BCUT2D eigenvalue weighted by Gasteiger charge is 2.19. The minimum absolute atomic E-state index is 0.280. The summed E-state index contributed by atoms with van der Waals surface area (Å²) in [6, 6.07) is 16.4. The Hall–Kier alpha value is -3.75. The zero-order valence-corrected chi connectivity index (χ0v) is 26.8. The van der Waals surface area contributed by atoms with Crippen molar-refractivity contribution >= 4 is 0 Å². The average Bonchev–Trinajstić information content (AvgIpc) is 3.56. The van der Waals surface area contributed by atoms with E-state index in [1.165, 1.54) is 31.4 Å². The fourth-order valence-corrected chi connectivity index (χ4v) is 5.84. The first-order valence-corrected chi connectivity index (χ1v) is 16.4. The van der Waals surface area contributed by atoms with Crippen LogP contribution in [0, 0.1) is 17.7 Å². The zero-order chi connectivity index (χ0) is 31.7. The molecule has 0 spiro atoms. The van der Waals surface area contributed by atoms with E-state index >= 15 is 0 Å². The van der Waals surface area contributed by atoms with Gasteiger partial charge in [0.05, 0.1) is 0 Å². The van der Waals surface area contributed by atoms with Crippen molar-refractivity contribution in [3.05, 3.63) is 104 Å². The molecule has 2 aromatic carbocycles. The van der Waals surface area contributed by atoms with E-state index in [-0.39, 0.29) is 11.6 Å². The van der Waals surface area contributed by atoms with E-state index < -0.39 is 5.76 Å². The third-order valence-electron chi connectivity index (χ3n) is 7.98. The van der Waals surface area contributed by atoms with Crippen LogP contribution in [0.15, 0.2) is 73.2 Å². The van der Waals surface area contributed by atoms with E-state index in [1.807, 2.05) is 50.2 Å². The molecule has 1 saturated carbocycles. The minimum Gasteiger partial charge on any atom is -0.296 e. The molecule has 240 valence electrons. The van der Waals surface area contributed by atoms with Gasteiger partial charge in [0.1, 0.15) is 5.82 Å². The largest absolute Gasteiger partial charge is 0.441 e. The summed E-state index contributed by atoms with van der Waals surface area (Å²) in [4.78, 5) is 23.7. The Morgan fingerprint density at radius 1 is 0.795 bits per heavy atom. The van der Waals surface area contributed by atoms with E-state index in [2.05, 4.69) is 24.2 Å². The van der Waals surface area contributed by atoms with E-state index in [0.29, 0.717) is 43.6 Å². The third kappa shape index (κ3) is 10.8. The van der Waals surface area contributed by atoms with Gasteiger partial charge in [-0.15, -0.1) is 0 Å². The highest BCUT2D eigenvalue weighted by molar-refractivity contribution is 5.20. The highest BCUT2D eigenvalue weighted by atomic mass is 19.1. The molecular weight excluding hydrogens is 559 g/mol. The van der Waals surface area contributed by atoms with Gasteiger partial charge in [0, 0.05) is 25.9 Å². The molecule has 0 atom stereocenters. The smallest absolute Gasteiger partial charge is 0.296 e. The third-order valence-corrected chi connectivity index (χ3v) is 7.98. The van der Waals surface area contributed by atoms with Crippen molar-refractivity contribution in [3.8, 4) is 0 Å². The van der Waals surface area contributed by atoms with Crippen molar-refractivity contribution in [1.82, 2.24) is 19.4 Å². The first kappa shape index (κ1) is 34.7. The number of rotatable bonds is 12. The van der Waals surface area contributed by atoms with Crippen LogP contribution in [0.4, 0.5) is 4.39 Å². The standard InChI is InChI=1S/C17H24N2O2.C16H19FN2O2.C2H6/c1-3-8-15(9-4-2)13-19-16(18-21-17(19)20)12-14-10-6-5-7-11-14;17-14-8-4-7-13(9-14)10-15-18-21-16(20)19(15)11-12-5-2-1-3-6-12;1-2/h5-7,10-11,15H,3-4,8-9,12-13H2,1-2H3;4,7-9,12H,1-3,5-6,10-11H2;1-2H3. The van der Waals surface area contributed by atoms with Gasteiger partial charge in [-0.25, -0.2) is 14.0 Å². The number of aromatic nitrogens is 4. The quantitative estimate of drug-likeness (QED) is 0.163. The predicted octanol–water partition coefficient (Wildman–Crippen LogP) is 7.82. The molecule has 0 N–H and O–H groups in total. The molecule has 8 nitrogen and oxygen atoms in total. The summed E-state index contributed by atoms with van der Waals surface area (Å²) >= 11 is 0. The average molecular weight is 609 g/mol. The first-order valence-electron chi connectivity index (χ1n) is 16.4. The van der Waals surface area contributed by atoms with Crippen molar-refractivity contribution in [3.63, 3.8) is 0 Å². The molecule has 0 aliphatic heterocycles. The van der Waals surface area contributed by atoms with Crippen molar-refractivity contribution in [1.29, 1.82) is 0 Å². The lowest BCUT2D eigenvalue weighted by Gasteiger charge is -2.21. The van der Waals surface area contributed by atoms with Gasteiger partial charge < -0.3 is 0 Å². The van der Waals surface area contributed by atoms with Crippen LogP contribution in [-0.2, 0) is 25.9 Å². The molecule has 1 aliphatic carbocycles. The number of hydrogen-bond acceptors (Lipinski definition) is 6. The molecule has 0 amide bonds. The molecular formula is C35H49FN4O4. The molecule has 0 saturated heterocycles. The molecule has 9 heteroatoms. The maximum Gasteiger partial charge on any atom is 0.441 e. The molecule has 0 unspecified atom stereocenters. The summed E-state index contributed by atoms with van der Waals surface area (Å²) in [5.41, 5.74) is 1.93. The van der Waals surface area contributed by atoms with E-state index in [9.17, 15) is 14.0 Å². The van der Waals surface area contributed by atoms with Crippen LogP contribution in [-0.4, -0.2) is 19.4 Å². The van der Waals surface area contributed by atoms with Crippen LogP contribution in [0.5, 0.6) is 0 Å². The van der Waals surface area contributed by atoms with E-state index in [1.54, 1.807) is 15.2 Å². The van der Waals surface area contributed by atoms with Crippen molar-refractivity contribution in [2.75, 3.05) is 0 Å². The van der Waals surface area contributed by atoms with Gasteiger partial charge in [0.2, 0.25) is 0 Å². The van der Waals surface area contributed by atoms with Crippen LogP contribution in [0.2, 0.25) is 0 Å². The Kier molecular flexibility index (Phi) is 14.9. The van der Waals surface area contributed by atoms with Crippen LogP contribution >= 0.6 is 0 Å². The summed E-state index contributed by atoms with van der Waals surface area (Å²) in [6.07, 6.45) is 11.6. The lowest BCUT2D eigenvalue weighted by Crippen LogP contribution is -2.23. The Morgan fingerprint density at radius 2 is 1.36 bits per heavy atom. The van der Waals surface area contributed by atoms with E-state index in [0.717, 1.165) is 55.5 Å². The molecule has 2 heterocycles. The first-order chi connectivity index (χ1) is 21.5. The number of nitrogens with zero attached hydrogens (tertiary/aromatic N) is 4. The normalized spacial score (nSPS) is 13.2. The van der Waals surface area contributed by atoms with Crippen molar-refractivity contribution < 1.29 is 13.4 Å². The fraction of sp³-hybridized carbons (Fsp3) is 0.543. The number of hydrogen-bond donors (Lipinski definition) is 0. The second-order valence-electron chi connectivity index (χ2n) is 11.4. The van der Waals surface area contributed by atoms with Gasteiger partial charge in [-0.2, -0.15) is 0 Å². The molecule has 2 aromatic heterocycles. The lowest BCUT2D eigenvalue weighted by molar-refractivity contribution is 0.303. The highest BCUT2D eigenvalue weighted by Crippen LogP contribution is 2.25. The zero-order valence-electron chi connectivity index (χ0n) is 26.8. The van der Waals surface area contributed by atoms with Gasteiger partial charge in [0.15, 0.2) is 11.6 Å². The summed E-state index contributed by atoms with van der Waals surface area (Å²) in [5, 5.41) is 7.82. The molecule has 0 bridgehead atoms. The molecule has 5 rings (SSSR count). The predicted molar refractivity (Wildman–Crippen MR) is 171 cm³/mol. The topological polar surface area (TPSA) is 96.1 Å². The van der Waals surface area contributed by atoms with Crippen molar-refractivity contribution in [2.24, 2.45) is 11.8 Å². The van der Waals surface area contributed by atoms with Gasteiger partial charge in [-0.05, 0) is 60.8 Å². The van der Waals surface area contributed by atoms with E-state index in [4.69, 9.17) is 9.05 Å². The Balaban J connectivity index is 0.000000228. The fourth-order valence-electron chi connectivity index (χ4n) is 5.84. The van der Waals surface area contributed by atoms with Crippen molar-refractivity contribution in [2.45, 2.75) is 111 Å². The Bertz CT molecular complexity index is 1450. The minimum atomic E-state index is -0.410. The number of benzene rings is 2. The van der Waals surface area contributed by atoms with Gasteiger partial charge in [-0.1, -0.05) is 113 Å². The molecule has 0 radical (unpaired) electrons. The summed E-state index contributed by atoms with van der Waals surface area (Å²) in [5.74, 6) is 1.32. The maximum atomic E-state index is 13.2. The second kappa shape index (κ2) is 18.8. The Labute approximate surface area is 260 Å². The second-order valence-corrected chi connectivity index (χ2v) is 11.4. The van der Waals surface area contributed by atoms with Crippen LogP contribution in [0.25, 0.3) is 0 Å². The maximum absolute atomic E-state index is 13.2. The van der Waals surface area contributed by atoms with Crippen LogP contribution < -0.4 is 11.5 Å². The van der Waals surface area contributed by atoms with Gasteiger partial charge in [0.25, 0.3) is 0 Å². The molecule has 44 heavy (non-hydrogen) atoms. The monoisotopic (exact) mass is 608 g/mol. The molecule has 1 fully saturated rings. The summed E-state index contributed by atoms with van der Waals surface area (Å²) < 4.78 is 26.2. The SMILES string of the molecule is CC.CCCC(CCC)Cn1c(Cc2ccccc2)noc1=O.O=c1onc(Cc2cccc(F)c2)n1CC1CCCCC1.